The number of carbonyl (C=O) groups is 2. The highest BCUT2D eigenvalue weighted by Gasteiger charge is 2.29. The molecule has 0 unspecified atom stereocenters. The molecule has 1 rings (SSSR count). The number of carbonyl (C=O) groups excluding carboxylic acids is 2. The van der Waals surface area contributed by atoms with E-state index in [4.69, 9.17) is 11.6 Å². The highest BCUT2D eigenvalue weighted by atomic mass is 16.2. The Kier molecular flexibility index (Phi) is 7.83. The summed E-state index contributed by atoms with van der Waals surface area (Å²) in [6.45, 7) is 1.12. The molecular formula is C14H28N8O2. The Balaban J connectivity index is 2.49. The Morgan fingerprint density at radius 1 is 1.42 bits per heavy atom. The van der Waals surface area contributed by atoms with Gasteiger partial charge in [0.2, 0.25) is 6.41 Å². The van der Waals surface area contributed by atoms with Crippen LogP contribution in [0.3, 0.4) is 0 Å². The highest BCUT2D eigenvalue weighted by Crippen LogP contribution is 2.17. The Morgan fingerprint density at radius 3 is 2.75 bits per heavy atom. The first-order valence-electron chi connectivity index (χ1n) is 7.82. The second kappa shape index (κ2) is 9.60. The SMILES string of the molecule is CN(C=O)C1=C(C(=O)N(C)CCCCC/C(N)=N/NN)N(C)CN1. The van der Waals surface area contributed by atoms with Crippen LogP contribution < -0.4 is 22.4 Å². The average molecular weight is 340 g/mol. The normalized spacial score (nSPS) is 14.5. The lowest BCUT2D eigenvalue weighted by atomic mass is 10.2. The summed E-state index contributed by atoms with van der Waals surface area (Å²) in [5.74, 6) is 5.93. The van der Waals surface area contributed by atoms with Crippen LogP contribution in [0.4, 0.5) is 0 Å². The fourth-order valence-corrected chi connectivity index (χ4v) is 2.40. The van der Waals surface area contributed by atoms with E-state index in [1.807, 2.05) is 7.05 Å². The number of amidine groups is 1. The van der Waals surface area contributed by atoms with Crippen LogP contribution in [0.2, 0.25) is 0 Å². The second-order valence-corrected chi connectivity index (χ2v) is 5.72. The van der Waals surface area contributed by atoms with Crippen molar-refractivity contribution in [1.29, 1.82) is 0 Å². The maximum atomic E-state index is 12.6. The van der Waals surface area contributed by atoms with E-state index in [2.05, 4.69) is 16.0 Å². The molecular weight excluding hydrogens is 312 g/mol. The van der Waals surface area contributed by atoms with Crippen LogP contribution in [0.15, 0.2) is 16.6 Å². The summed E-state index contributed by atoms with van der Waals surface area (Å²) >= 11 is 0. The van der Waals surface area contributed by atoms with Crippen LogP contribution >= 0.6 is 0 Å². The van der Waals surface area contributed by atoms with Crippen molar-refractivity contribution in [3.63, 3.8) is 0 Å². The van der Waals surface area contributed by atoms with Crippen molar-refractivity contribution in [3.8, 4) is 0 Å². The lowest BCUT2D eigenvalue weighted by Crippen LogP contribution is -2.35. The van der Waals surface area contributed by atoms with Crippen molar-refractivity contribution in [3.05, 3.63) is 11.5 Å². The Bertz CT molecular complexity index is 505. The third kappa shape index (κ3) is 5.30. The maximum absolute atomic E-state index is 12.6. The van der Waals surface area contributed by atoms with Crippen molar-refractivity contribution in [2.24, 2.45) is 16.7 Å². The van der Waals surface area contributed by atoms with Crippen LogP contribution in [-0.2, 0) is 9.59 Å². The molecule has 0 aromatic rings. The number of amides is 2. The van der Waals surface area contributed by atoms with E-state index in [1.54, 1.807) is 23.9 Å². The Morgan fingerprint density at radius 2 is 2.12 bits per heavy atom. The molecule has 1 aliphatic heterocycles. The van der Waals surface area contributed by atoms with Gasteiger partial charge in [0.25, 0.3) is 5.91 Å². The smallest absolute Gasteiger partial charge is 0.273 e. The monoisotopic (exact) mass is 340 g/mol. The summed E-state index contributed by atoms with van der Waals surface area (Å²) in [7, 11) is 5.19. The van der Waals surface area contributed by atoms with Gasteiger partial charge in [-0.15, -0.1) is 0 Å². The number of unbranched alkanes of at least 4 members (excludes halogenated alkanes) is 2. The topological polar surface area (TPSA) is 132 Å². The average Bonchev–Trinajstić information content (AvgIpc) is 2.94. The van der Waals surface area contributed by atoms with Gasteiger partial charge in [0.15, 0.2) is 0 Å². The summed E-state index contributed by atoms with van der Waals surface area (Å²) < 4.78 is 0. The largest absolute Gasteiger partial charge is 0.386 e. The number of hydrazine groups is 1. The predicted molar refractivity (Wildman–Crippen MR) is 91.7 cm³/mol. The zero-order chi connectivity index (χ0) is 18.1. The zero-order valence-corrected chi connectivity index (χ0v) is 14.6. The Labute approximate surface area is 142 Å². The third-order valence-corrected chi connectivity index (χ3v) is 3.78. The van der Waals surface area contributed by atoms with E-state index in [0.29, 0.717) is 43.4 Å². The van der Waals surface area contributed by atoms with Crippen LogP contribution in [0, 0.1) is 0 Å². The summed E-state index contributed by atoms with van der Waals surface area (Å²) in [5, 5.41) is 6.74. The first-order chi connectivity index (χ1) is 11.4. The molecule has 0 saturated carbocycles. The molecule has 0 fully saturated rings. The minimum atomic E-state index is -0.111. The third-order valence-electron chi connectivity index (χ3n) is 3.78. The van der Waals surface area contributed by atoms with Gasteiger partial charge in [-0.1, -0.05) is 6.42 Å². The number of hydrogen-bond acceptors (Lipinski definition) is 7. The summed E-state index contributed by atoms with van der Waals surface area (Å²) in [4.78, 5) is 28.4. The fraction of sp³-hybridized carbons (Fsp3) is 0.643. The van der Waals surface area contributed by atoms with Crippen molar-refractivity contribution in [1.82, 2.24) is 25.6 Å². The molecule has 0 radical (unpaired) electrons. The highest BCUT2D eigenvalue weighted by molar-refractivity contribution is 5.94. The summed E-state index contributed by atoms with van der Waals surface area (Å²) in [6.07, 6.45) is 3.99. The molecule has 0 atom stereocenters. The van der Waals surface area contributed by atoms with E-state index >= 15 is 0 Å². The number of nitrogens with zero attached hydrogens (tertiary/aromatic N) is 4. The second-order valence-electron chi connectivity index (χ2n) is 5.72. The van der Waals surface area contributed by atoms with Gasteiger partial charge in [0.05, 0.1) is 6.67 Å². The lowest BCUT2D eigenvalue weighted by molar-refractivity contribution is -0.127. The lowest BCUT2D eigenvalue weighted by Gasteiger charge is -2.22. The van der Waals surface area contributed by atoms with Crippen LogP contribution in [0.1, 0.15) is 25.7 Å². The molecule has 0 aromatic heterocycles. The number of nitrogens with one attached hydrogen (secondary N) is 2. The molecule has 0 aliphatic carbocycles. The number of hydrazone groups is 1. The van der Waals surface area contributed by atoms with Crippen LogP contribution in [0.25, 0.3) is 0 Å². The van der Waals surface area contributed by atoms with Gasteiger partial charge in [0, 0.05) is 34.1 Å². The van der Waals surface area contributed by atoms with E-state index in [0.717, 1.165) is 19.3 Å². The van der Waals surface area contributed by atoms with E-state index in [-0.39, 0.29) is 5.91 Å². The van der Waals surface area contributed by atoms with Crippen LogP contribution in [0.5, 0.6) is 0 Å². The molecule has 1 heterocycles. The summed E-state index contributed by atoms with van der Waals surface area (Å²) in [5.41, 5.74) is 8.28. The van der Waals surface area contributed by atoms with E-state index in [9.17, 15) is 9.59 Å². The molecule has 2 amide bonds. The fourth-order valence-electron chi connectivity index (χ4n) is 2.40. The molecule has 24 heavy (non-hydrogen) atoms. The van der Waals surface area contributed by atoms with Crippen LogP contribution in [-0.4, -0.2) is 67.2 Å². The predicted octanol–water partition coefficient (Wildman–Crippen LogP) is -1.51. The van der Waals surface area contributed by atoms with E-state index in [1.165, 1.54) is 4.90 Å². The molecule has 10 heteroatoms. The van der Waals surface area contributed by atoms with Gasteiger partial charge in [-0.2, -0.15) is 5.10 Å². The Hall–Kier alpha value is -2.49. The maximum Gasteiger partial charge on any atom is 0.273 e. The molecule has 6 N–H and O–H groups in total. The standard InChI is InChI=1S/C14H28N8O2/c1-20(8-6-4-5-7-11(15)18-19-16)14(24)12-13(22(3)10-23)17-9-21(12)2/h10,17,19H,4-9,16H2,1-3H3,(H2,15,18). The van der Waals surface area contributed by atoms with Crippen molar-refractivity contribution >= 4 is 18.2 Å². The van der Waals surface area contributed by atoms with E-state index < -0.39 is 0 Å². The summed E-state index contributed by atoms with van der Waals surface area (Å²) in [6, 6.07) is 0. The number of nitrogens with two attached hydrogens (primary N) is 2. The number of hydrogen-bond donors (Lipinski definition) is 4. The zero-order valence-electron chi connectivity index (χ0n) is 14.6. The van der Waals surface area contributed by atoms with Gasteiger partial charge >= 0.3 is 0 Å². The first kappa shape index (κ1) is 19.6. The number of likely N-dealkylation sites (N-methyl/N-ethyl adjacent to an activating group) is 2. The van der Waals surface area contributed by atoms with Gasteiger partial charge in [0.1, 0.15) is 17.4 Å². The number of rotatable bonds is 10. The minimum Gasteiger partial charge on any atom is -0.386 e. The van der Waals surface area contributed by atoms with Crippen molar-refractivity contribution < 1.29 is 9.59 Å². The van der Waals surface area contributed by atoms with Gasteiger partial charge in [-0.3, -0.25) is 9.59 Å². The van der Waals surface area contributed by atoms with Crippen molar-refractivity contribution in [2.45, 2.75) is 25.7 Å². The molecule has 1 aliphatic rings. The quantitative estimate of drug-likeness (QED) is 0.0949. The molecule has 0 aromatic carbocycles. The van der Waals surface area contributed by atoms with Gasteiger partial charge in [-0.25, -0.2) is 11.4 Å². The molecule has 0 spiro atoms. The van der Waals surface area contributed by atoms with Gasteiger partial charge in [-0.05, 0) is 12.8 Å². The molecule has 136 valence electrons. The first-order valence-corrected chi connectivity index (χ1v) is 7.82. The molecule has 0 saturated heterocycles. The van der Waals surface area contributed by atoms with Crippen molar-refractivity contribution in [2.75, 3.05) is 34.4 Å². The molecule has 0 bridgehead atoms. The minimum absolute atomic E-state index is 0.111. The van der Waals surface area contributed by atoms with Gasteiger partial charge < -0.3 is 25.8 Å². The molecule has 10 nitrogen and oxygen atoms in total.